The van der Waals surface area contributed by atoms with Crippen LogP contribution in [0.3, 0.4) is 0 Å². The van der Waals surface area contributed by atoms with Crippen LogP contribution in [0.15, 0.2) is 66.9 Å². The molecule has 1 N–H and O–H groups in total. The molecule has 0 unspecified atom stereocenters. The zero-order chi connectivity index (χ0) is 26.7. The first-order valence-electron chi connectivity index (χ1n) is 12.7. The van der Waals surface area contributed by atoms with Crippen LogP contribution in [0.25, 0.3) is 16.8 Å². The molecule has 1 atom stereocenters. The van der Waals surface area contributed by atoms with E-state index in [0.717, 1.165) is 53.0 Å². The van der Waals surface area contributed by atoms with Gasteiger partial charge in [0.15, 0.2) is 6.10 Å². The summed E-state index contributed by atoms with van der Waals surface area (Å²) in [6.07, 6.45) is 4.42. The van der Waals surface area contributed by atoms with Crippen molar-refractivity contribution in [2.75, 3.05) is 0 Å². The monoisotopic (exact) mass is 498 g/mol. The van der Waals surface area contributed by atoms with Crippen molar-refractivity contribution in [1.29, 1.82) is 0 Å². The largest absolute Gasteiger partial charge is 0.478 e. The van der Waals surface area contributed by atoms with E-state index in [1.807, 2.05) is 80.8 Å². The number of carboxylic acids is 1. The van der Waals surface area contributed by atoms with Gasteiger partial charge in [-0.05, 0) is 74.9 Å². The molecule has 0 aliphatic rings. The number of fused-ring (bicyclic) bond motifs is 1. The first-order chi connectivity index (χ1) is 17.6. The molecule has 4 aromatic rings. The highest BCUT2D eigenvalue weighted by molar-refractivity contribution is 5.96. The number of aryl methyl sites for hydroxylation is 2. The van der Waals surface area contributed by atoms with Gasteiger partial charge < -0.3 is 9.84 Å². The Kier molecular flexibility index (Phi) is 7.48. The van der Waals surface area contributed by atoms with E-state index in [1.165, 1.54) is 0 Å². The Hall–Kier alpha value is -3.93. The molecular weight excluding hydrogens is 464 g/mol. The maximum atomic E-state index is 13.1. The van der Waals surface area contributed by atoms with Crippen LogP contribution in [-0.2, 0) is 16.0 Å². The fourth-order valence-electron chi connectivity index (χ4n) is 4.30. The number of carbonyl (C=O) groups is 2. The van der Waals surface area contributed by atoms with Gasteiger partial charge >= 0.3 is 11.9 Å². The summed E-state index contributed by atoms with van der Waals surface area (Å²) in [6.45, 7) is 9.70. The Bertz CT molecular complexity index is 1430. The number of unbranched alkanes of at least 4 members (excludes halogenated alkanes) is 1. The Morgan fingerprint density at radius 2 is 1.73 bits per heavy atom. The van der Waals surface area contributed by atoms with Crippen molar-refractivity contribution in [3.63, 3.8) is 0 Å². The number of aromatic carboxylic acids is 1. The fraction of sp³-hybridized carbons (Fsp3) is 0.323. The molecule has 4 rings (SSSR count). The smallest absolute Gasteiger partial charge is 0.336 e. The number of ether oxygens (including phenoxy) is 1. The lowest BCUT2D eigenvalue weighted by Gasteiger charge is -2.25. The normalized spacial score (nSPS) is 12.5. The molecule has 0 amide bonds. The highest BCUT2D eigenvalue weighted by Crippen LogP contribution is 2.33. The van der Waals surface area contributed by atoms with Gasteiger partial charge in [-0.1, -0.05) is 61.9 Å². The van der Waals surface area contributed by atoms with E-state index in [9.17, 15) is 14.7 Å². The summed E-state index contributed by atoms with van der Waals surface area (Å²) in [5.41, 5.74) is 5.50. The third kappa shape index (κ3) is 5.58. The number of hydrogen-bond acceptors (Lipinski definition) is 4. The van der Waals surface area contributed by atoms with Crippen LogP contribution >= 0.6 is 0 Å². The molecule has 0 radical (unpaired) electrons. The SMILES string of the molecule is CCCCc1cn2c([C@H](OC(=O)C(C)(C)C)c3ccc(-c4ccccc4C(=O)O)cc3)ccc(C)c2n1. The summed E-state index contributed by atoms with van der Waals surface area (Å²) in [5.74, 6) is -1.28. The standard InChI is InChI=1S/C31H34N2O4/c1-6-7-10-23-19-33-26(18-13-20(2)28(33)32-23)27(37-30(36)31(3,4)5)22-16-14-21(15-17-22)24-11-8-9-12-25(24)29(34)35/h8-9,11-19,27H,6-7,10H2,1-5H3,(H,34,35)/t27-/m1/s1. The second-order valence-electron chi connectivity index (χ2n) is 10.5. The molecule has 0 spiro atoms. The van der Waals surface area contributed by atoms with E-state index in [4.69, 9.17) is 9.72 Å². The summed E-state index contributed by atoms with van der Waals surface area (Å²) in [5, 5.41) is 9.61. The Balaban J connectivity index is 1.81. The lowest BCUT2D eigenvalue weighted by molar-refractivity contribution is -0.157. The Labute approximate surface area is 217 Å². The summed E-state index contributed by atoms with van der Waals surface area (Å²) in [4.78, 5) is 29.7. The number of nitrogens with zero attached hydrogens (tertiary/aromatic N) is 2. The molecule has 2 aromatic heterocycles. The van der Waals surface area contributed by atoms with E-state index in [-0.39, 0.29) is 11.5 Å². The minimum atomic E-state index is -0.974. The Morgan fingerprint density at radius 3 is 2.38 bits per heavy atom. The van der Waals surface area contributed by atoms with Gasteiger partial charge in [-0.15, -0.1) is 0 Å². The number of carboxylic acid groups (broad SMARTS) is 1. The van der Waals surface area contributed by atoms with Gasteiger partial charge in [0.2, 0.25) is 0 Å². The van der Waals surface area contributed by atoms with E-state index in [2.05, 4.69) is 6.92 Å². The minimum absolute atomic E-state index is 0.240. The molecule has 0 bridgehead atoms. The summed E-state index contributed by atoms with van der Waals surface area (Å²) in [6, 6.07) is 18.5. The van der Waals surface area contributed by atoms with E-state index < -0.39 is 17.5 Å². The second-order valence-corrected chi connectivity index (χ2v) is 10.5. The van der Waals surface area contributed by atoms with Crippen LogP contribution in [0.5, 0.6) is 0 Å². The molecule has 0 aliphatic heterocycles. The van der Waals surface area contributed by atoms with Crippen molar-refractivity contribution in [1.82, 2.24) is 9.38 Å². The van der Waals surface area contributed by atoms with Crippen molar-refractivity contribution in [2.45, 2.75) is 60.0 Å². The molecular formula is C31H34N2O4. The maximum Gasteiger partial charge on any atom is 0.336 e. The molecule has 37 heavy (non-hydrogen) atoms. The average Bonchev–Trinajstić information content (AvgIpc) is 3.31. The predicted octanol–water partition coefficient (Wildman–Crippen LogP) is 7.03. The van der Waals surface area contributed by atoms with Crippen molar-refractivity contribution in [2.24, 2.45) is 5.41 Å². The number of hydrogen-bond donors (Lipinski definition) is 1. The third-order valence-corrected chi connectivity index (χ3v) is 6.47. The van der Waals surface area contributed by atoms with Crippen molar-refractivity contribution in [3.8, 4) is 11.1 Å². The number of esters is 1. The first kappa shape index (κ1) is 26.1. The average molecular weight is 499 g/mol. The van der Waals surface area contributed by atoms with Gasteiger partial charge in [0.05, 0.1) is 22.4 Å². The van der Waals surface area contributed by atoms with Crippen LogP contribution in [-0.4, -0.2) is 26.4 Å². The molecule has 0 fully saturated rings. The zero-order valence-electron chi connectivity index (χ0n) is 22.1. The van der Waals surface area contributed by atoms with E-state index in [1.54, 1.807) is 18.2 Å². The molecule has 192 valence electrons. The van der Waals surface area contributed by atoms with Gasteiger partial charge in [-0.3, -0.25) is 9.20 Å². The number of carbonyl (C=O) groups excluding carboxylic acids is 1. The highest BCUT2D eigenvalue weighted by atomic mass is 16.5. The van der Waals surface area contributed by atoms with Crippen LogP contribution in [0, 0.1) is 12.3 Å². The van der Waals surface area contributed by atoms with Gasteiger partial charge in [-0.25, -0.2) is 9.78 Å². The minimum Gasteiger partial charge on any atom is -0.478 e. The number of benzene rings is 2. The number of imidazole rings is 1. The van der Waals surface area contributed by atoms with Crippen LogP contribution in [0.1, 0.15) is 79.5 Å². The fourth-order valence-corrected chi connectivity index (χ4v) is 4.30. The molecule has 2 aromatic carbocycles. The summed E-state index contributed by atoms with van der Waals surface area (Å²) >= 11 is 0. The van der Waals surface area contributed by atoms with Gasteiger partial charge in [0, 0.05) is 6.20 Å². The molecule has 0 saturated heterocycles. The Morgan fingerprint density at radius 1 is 1.03 bits per heavy atom. The van der Waals surface area contributed by atoms with E-state index >= 15 is 0 Å². The molecule has 6 nitrogen and oxygen atoms in total. The van der Waals surface area contributed by atoms with E-state index in [0.29, 0.717) is 5.56 Å². The van der Waals surface area contributed by atoms with Crippen LogP contribution in [0.2, 0.25) is 0 Å². The topological polar surface area (TPSA) is 80.9 Å². The molecule has 2 heterocycles. The van der Waals surface area contributed by atoms with Crippen molar-refractivity contribution in [3.05, 3.63) is 94.9 Å². The molecule has 0 aliphatic carbocycles. The lowest BCUT2D eigenvalue weighted by Crippen LogP contribution is -2.26. The maximum absolute atomic E-state index is 13.1. The van der Waals surface area contributed by atoms with Gasteiger partial charge in [0.1, 0.15) is 5.65 Å². The predicted molar refractivity (Wildman–Crippen MR) is 145 cm³/mol. The zero-order valence-corrected chi connectivity index (χ0v) is 22.1. The third-order valence-electron chi connectivity index (χ3n) is 6.47. The van der Waals surface area contributed by atoms with Crippen LogP contribution in [0.4, 0.5) is 0 Å². The van der Waals surface area contributed by atoms with Gasteiger partial charge in [0.25, 0.3) is 0 Å². The molecule has 0 saturated carbocycles. The van der Waals surface area contributed by atoms with Crippen molar-refractivity contribution >= 4 is 17.6 Å². The van der Waals surface area contributed by atoms with Gasteiger partial charge in [-0.2, -0.15) is 0 Å². The summed E-state index contributed by atoms with van der Waals surface area (Å²) < 4.78 is 8.19. The molecule has 6 heteroatoms. The van der Waals surface area contributed by atoms with Crippen molar-refractivity contribution < 1.29 is 19.4 Å². The number of rotatable bonds is 8. The lowest BCUT2D eigenvalue weighted by atomic mass is 9.95. The summed E-state index contributed by atoms with van der Waals surface area (Å²) in [7, 11) is 0. The second kappa shape index (κ2) is 10.6. The quantitative estimate of drug-likeness (QED) is 0.264. The van der Waals surface area contributed by atoms with Crippen LogP contribution < -0.4 is 0 Å². The number of pyridine rings is 1. The number of aromatic nitrogens is 2. The first-order valence-corrected chi connectivity index (χ1v) is 12.7. The highest BCUT2D eigenvalue weighted by Gasteiger charge is 2.29.